The number of benzene rings is 4. The second-order valence-corrected chi connectivity index (χ2v) is 11.1. The van der Waals surface area contributed by atoms with Gasteiger partial charge in [0.1, 0.15) is 23.0 Å². The number of hydrogen-bond donors (Lipinski definition) is 0. The van der Waals surface area contributed by atoms with E-state index in [2.05, 4.69) is 0 Å². The zero-order valence-electron chi connectivity index (χ0n) is 21.0. The lowest BCUT2D eigenvalue weighted by Crippen LogP contribution is -2.54. The molecule has 4 aromatic rings. The number of nitrogens with zero attached hydrogens (tertiary/aromatic N) is 2. The van der Waals surface area contributed by atoms with Crippen molar-refractivity contribution in [2.45, 2.75) is 17.8 Å². The van der Waals surface area contributed by atoms with Crippen LogP contribution in [-0.2, 0) is 5.41 Å². The molecule has 0 spiro atoms. The van der Waals surface area contributed by atoms with E-state index in [-0.39, 0.29) is 34.4 Å². The molecule has 0 bridgehead atoms. The van der Waals surface area contributed by atoms with Crippen molar-refractivity contribution in [3.63, 3.8) is 0 Å². The second kappa shape index (κ2) is 12.1. The highest BCUT2D eigenvalue weighted by atomic mass is 127. The summed E-state index contributed by atoms with van der Waals surface area (Å²) in [6.07, 6.45) is -11.7. The summed E-state index contributed by atoms with van der Waals surface area (Å²) in [5.41, 5.74) is -7.15. The van der Waals surface area contributed by atoms with Crippen LogP contribution in [0.3, 0.4) is 0 Å². The van der Waals surface area contributed by atoms with Crippen molar-refractivity contribution in [1.82, 2.24) is 0 Å². The molecule has 0 saturated heterocycles. The molecule has 0 atom stereocenters. The molecular weight excluding hydrogens is 816 g/mol. The first kappa shape index (κ1) is 32.2. The minimum atomic E-state index is -5.84. The molecule has 0 aliphatic carbocycles. The van der Waals surface area contributed by atoms with Crippen molar-refractivity contribution in [2.75, 3.05) is 0 Å². The first-order valence-electron chi connectivity index (χ1n) is 11.6. The number of ether oxygens (including phenoxy) is 2. The highest BCUT2D eigenvalue weighted by molar-refractivity contribution is 14.1. The lowest BCUT2D eigenvalue weighted by Gasteiger charge is -2.38. The van der Waals surface area contributed by atoms with Gasteiger partial charge >= 0.3 is 12.4 Å². The summed E-state index contributed by atoms with van der Waals surface area (Å²) in [6, 6.07) is 13.5. The minimum absolute atomic E-state index is 0.102. The van der Waals surface area contributed by atoms with Crippen LogP contribution >= 0.6 is 45.2 Å². The first-order valence-corrected chi connectivity index (χ1v) is 13.8. The molecule has 4 rings (SSSR count). The van der Waals surface area contributed by atoms with Gasteiger partial charge in [0, 0.05) is 24.3 Å². The lowest BCUT2D eigenvalue weighted by molar-refractivity contribution is -0.385. The second-order valence-electron chi connectivity index (χ2n) is 8.74. The van der Waals surface area contributed by atoms with E-state index in [1.165, 1.54) is 24.3 Å². The van der Waals surface area contributed by atoms with Gasteiger partial charge in [0.2, 0.25) is 5.41 Å². The first-order chi connectivity index (χ1) is 20.0. The lowest BCUT2D eigenvalue weighted by atomic mass is 9.73. The largest absolute Gasteiger partial charge is 0.456 e. The Bertz CT molecular complexity index is 1550. The molecule has 43 heavy (non-hydrogen) atoms. The summed E-state index contributed by atoms with van der Waals surface area (Å²) in [6.45, 7) is 0. The van der Waals surface area contributed by atoms with Gasteiger partial charge in [-0.3, -0.25) is 20.2 Å². The van der Waals surface area contributed by atoms with Gasteiger partial charge in [0.15, 0.2) is 0 Å². The van der Waals surface area contributed by atoms with Gasteiger partial charge in [0.05, 0.1) is 17.0 Å². The molecule has 0 aliphatic rings. The highest BCUT2D eigenvalue weighted by Crippen LogP contribution is 2.56. The number of nitro benzene ring substituents is 2. The fourth-order valence-corrected chi connectivity index (χ4v) is 5.37. The molecule has 0 amide bonds. The maximum atomic E-state index is 14.6. The SMILES string of the molecule is O=[N+]([O-])c1ccc(Oc2ccc(C(c3ccc(Oc4ccc([N+](=O)[O-])cc4I)cc3)(C(F)(F)F)C(F)(F)F)cc2)c(I)c1. The van der Waals surface area contributed by atoms with Crippen LogP contribution < -0.4 is 9.47 Å². The average Bonchev–Trinajstić information content (AvgIpc) is 2.91. The van der Waals surface area contributed by atoms with Gasteiger partial charge in [-0.15, -0.1) is 0 Å². The van der Waals surface area contributed by atoms with Crippen LogP contribution in [0, 0.1) is 27.4 Å². The van der Waals surface area contributed by atoms with Crippen LogP contribution in [0.5, 0.6) is 23.0 Å². The van der Waals surface area contributed by atoms with Crippen molar-refractivity contribution in [3.8, 4) is 23.0 Å². The Balaban J connectivity index is 1.70. The maximum Gasteiger partial charge on any atom is 0.411 e. The molecule has 0 N–H and O–H groups in total. The Hall–Kier alpha value is -3.68. The summed E-state index contributed by atoms with van der Waals surface area (Å²) < 4.78 is 99.0. The van der Waals surface area contributed by atoms with E-state index in [0.717, 1.165) is 36.4 Å². The third-order valence-corrected chi connectivity index (χ3v) is 7.82. The zero-order valence-corrected chi connectivity index (χ0v) is 25.3. The molecule has 16 heteroatoms. The zero-order chi connectivity index (χ0) is 31.7. The van der Waals surface area contributed by atoms with Crippen LogP contribution in [0.15, 0.2) is 84.9 Å². The molecular formula is C27H14F6I2N2O6. The Labute approximate surface area is 265 Å². The molecule has 0 aromatic heterocycles. The fraction of sp³-hybridized carbons (Fsp3) is 0.111. The van der Waals surface area contributed by atoms with E-state index in [1.54, 1.807) is 45.2 Å². The standard InChI is InChI=1S/C27H14F6I2N2O6/c28-26(29,30)25(27(31,32)33,15-1-7-19(8-2-15)42-23-11-5-17(36(38)39)13-21(23)34)16-3-9-20(10-4-16)43-24-12-6-18(37(40)41)14-22(24)35/h1-14H. The van der Waals surface area contributed by atoms with Gasteiger partial charge in [-0.2, -0.15) is 26.3 Å². The monoisotopic (exact) mass is 830 g/mol. The summed E-state index contributed by atoms with van der Waals surface area (Å²) in [5.74, 6) is 0.00990. The van der Waals surface area contributed by atoms with E-state index in [4.69, 9.17) is 9.47 Å². The Morgan fingerprint density at radius 1 is 0.558 bits per heavy atom. The number of alkyl halides is 6. The summed E-state index contributed by atoms with van der Waals surface area (Å²) in [7, 11) is 0. The van der Waals surface area contributed by atoms with Crippen molar-refractivity contribution in [1.29, 1.82) is 0 Å². The smallest absolute Gasteiger partial charge is 0.411 e. The van der Waals surface area contributed by atoms with E-state index < -0.39 is 38.7 Å². The van der Waals surface area contributed by atoms with Gasteiger partial charge in [-0.05, 0) is 92.7 Å². The van der Waals surface area contributed by atoms with Gasteiger partial charge in [-0.1, -0.05) is 24.3 Å². The molecule has 4 aromatic carbocycles. The number of hydrogen-bond acceptors (Lipinski definition) is 6. The average molecular weight is 830 g/mol. The summed E-state index contributed by atoms with van der Waals surface area (Å²) in [5, 5.41) is 21.9. The number of rotatable bonds is 8. The predicted octanol–water partition coefficient (Wildman–Crippen LogP) is 9.71. The van der Waals surface area contributed by atoms with Crippen molar-refractivity contribution >= 4 is 56.6 Å². The molecule has 0 saturated carbocycles. The number of nitro groups is 2. The number of non-ortho nitro benzene ring substituents is 2. The summed E-state index contributed by atoms with van der Waals surface area (Å²) in [4.78, 5) is 20.6. The van der Waals surface area contributed by atoms with Crippen LogP contribution in [0.4, 0.5) is 37.7 Å². The van der Waals surface area contributed by atoms with Gasteiger partial charge in [-0.25, -0.2) is 0 Å². The number of halogens is 8. The molecule has 8 nitrogen and oxygen atoms in total. The van der Waals surface area contributed by atoms with E-state index >= 15 is 0 Å². The Morgan fingerprint density at radius 2 is 0.884 bits per heavy atom. The molecule has 0 fully saturated rings. The Morgan fingerprint density at radius 3 is 1.14 bits per heavy atom. The fourth-order valence-electron chi connectivity index (χ4n) is 4.15. The third-order valence-electron chi connectivity index (χ3n) is 6.13. The molecule has 0 unspecified atom stereocenters. The van der Waals surface area contributed by atoms with E-state index in [0.29, 0.717) is 31.4 Å². The molecule has 224 valence electrons. The van der Waals surface area contributed by atoms with E-state index in [1.807, 2.05) is 0 Å². The topological polar surface area (TPSA) is 105 Å². The summed E-state index contributed by atoms with van der Waals surface area (Å²) >= 11 is 3.49. The van der Waals surface area contributed by atoms with Crippen LogP contribution in [-0.4, -0.2) is 22.2 Å². The molecule has 0 aliphatic heterocycles. The quantitative estimate of drug-likeness (QED) is 0.0759. The predicted molar refractivity (Wildman–Crippen MR) is 158 cm³/mol. The van der Waals surface area contributed by atoms with Gasteiger partial charge < -0.3 is 9.47 Å². The van der Waals surface area contributed by atoms with Crippen molar-refractivity contribution in [2.24, 2.45) is 0 Å². The van der Waals surface area contributed by atoms with Crippen molar-refractivity contribution < 1.29 is 45.7 Å². The highest BCUT2D eigenvalue weighted by Gasteiger charge is 2.72. The van der Waals surface area contributed by atoms with Crippen LogP contribution in [0.2, 0.25) is 0 Å². The Kier molecular flexibility index (Phi) is 9.10. The van der Waals surface area contributed by atoms with E-state index in [9.17, 15) is 46.6 Å². The van der Waals surface area contributed by atoms with Crippen molar-refractivity contribution in [3.05, 3.63) is 123 Å². The third kappa shape index (κ3) is 6.48. The normalized spacial score (nSPS) is 12.1. The van der Waals surface area contributed by atoms with Crippen LogP contribution in [0.25, 0.3) is 0 Å². The molecule has 0 radical (unpaired) electrons. The van der Waals surface area contributed by atoms with Gasteiger partial charge in [0.25, 0.3) is 11.4 Å². The maximum absolute atomic E-state index is 14.6. The van der Waals surface area contributed by atoms with Crippen LogP contribution in [0.1, 0.15) is 11.1 Å². The minimum Gasteiger partial charge on any atom is -0.456 e. The molecule has 0 heterocycles.